The van der Waals surface area contributed by atoms with E-state index in [1.54, 1.807) is 24.3 Å². The number of fused-ring (bicyclic) bond motifs is 1. The van der Waals surface area contributed by atoms with E-state index in [-0.39, 0.29) is 24.2 Å². The van der Waals surface area contributed by atoms with Crippen molar-refractivity contribution in [3.05, 3.63) is 77.3 Å². The number of rotatable bonds is 5. The van der Waals surface area contributed by atoms with Gasteiger partial charge in [-0.3, -0.25) is 0 Å². The molecule has 0 fully saturated rings. The molecular weight excluding hydrogens is 385 g/mol. The average Bonchev–Trinajstić information content (AvgIpc) is 3.05. The van der Waals surface area contributed by atoms with Gasteiger partial charge < -0.3 is 14.4 Å². The lowest BCUT2D eigenvalue weighted by Crippen LogP contribution is -2.50. The van der Waals surface area contributed by atoms with Crippen LogP contribution in [-0.4, -0.2) is 28.4 Å². The summed E-state index contributed by atoms with van der Waals surface area (Å²) in [5.74, 6) is -1.79. The third kappa shape index (κ3) is 3.57. The van der Waals surface area contributed by atoms with Crippen LogP contribution in [0.25, 0.3) is 15.7 Å². The van der Waals surface area contributed by atoms with Crippen LogP contribution in [0.4, 0.5) is 18.9 Å². The van der Waals surface area contributed by atoms with Gasteiger partial charge >= 0.3 is 12.1 Å². The molecule has 3 aromatic rings. The Morgan fingerprint density at radius 3 is 2.48 bits per heavy atom. The summed E-state index contributed by atoms with van der Waals surface area (Å²) in [6.45, 7) is 8.40. The Morgan fingerprint density at radius 2 is 1.90 bits per heavy atom. The van der Waals surface area contributed by atoms with Crippen LogP contribution in [0, 0.1) is 6.57 Å². The lowest BCUT2D eigenvalue weighted by molar-refractivity contribution is -0.267. The highest BCUT2D eigenvalue weighted by Gasteiger charge is 2.63. The van der Waals surface area contributed by atoms with Crippen LogP contribution >= 0.6 is 0 Å². The number of ether oxygens (including phenoxy) is 1. The van der Waals surface area contributed by atoms with Gasteiger partial charge in [0, 0.05) is 29.2 Å². The third-order valence-electron chi connectivity index (χ3n) is 4.56. The van der Waals surface area contributed by atoms with Crippen molar-refractivity contribution in [3.8, 4) is 0 Å². The molecule has 8 heteroatoms. The summed E-state index contributed by atoms with van der Waals surface area (Å²) in [6.07, 6.45) is -4.21. The fraction of sp³-hybridized carbons (Fsp3) is 0.238. The Balaban J connectivity index is 2.27. The van der Waals surface area contributed by atoms with Crippen molar-refractivity contribution in [1.29, 1.82) is 0 Å². The SMILES string of the molecule is [C-]#[N+]c1ccc2c(C(O)(C(=O)OCC)C(F)(F)F)cn(Cc3ccccc3)c2c1. The molecule has 0 spiro atoms. The van der Waals surface area contributed by atoms with Gasteiger partial charge in [0.15, 0.2) is 5.69 Å². The molecule has 1 unspecified atom stereocenters. The fourth-order valence-electron chi connectivity index (χ4n) is 3.16. The quantitative estimate of drug-likeness (QED) is 0.503. The Kier molecular flexibility index (Phi) is 5.36. The van der Waals surface area contributed by atoms with E-state index in [4.69, 9.17) is 6.57 Å². The van der Waals surface area contributed by atoms with Crippen molar-refractivity contribution < 1.29 is 27.8 Å². The van der Waals surface area contributed by atoms with E-state index in [2.05, 4.69) is 9.58 Å². The number of esters is 1. The van der Waals surface area contributed by atoms with Crippen molar-refractivity contribution in [1.82, 2.24) is 4.57 Å². The minimum Gasteiger partial charge on any atom is -0.463 e. The topological polar surface area (TPSA) is 55.8 Å². The molecule has 3 rings (SSSR count). The number of hydrogen-bond acceptors (Lipinski definition) is 3. The predicted octanol–water partition coefficient (Wildman–Crippen LogP) is 4.55. The fourth-order valence-corrected chi connectivity index (χ4v) is 3.16. The van der Waals surface area contributed by atoms with Gasteiger partial charge in [-0.15, -0.1) is 0 Å². The summed E-state index contributed by atoms with van der Waals surface area (Å²) in [5, 5.41) is 10.6. The molecule has 1 N–H and O–H groups in total. The van der Waals surface area contributed by atoms with Gasteiger partial charge in [-0.1, -0.05) is 42.5 Å². The maximum absolute atomic E-state index is 13.9. The van der Waals surface area contributed by atoms with E-state index >= 15 is 0 Å². The molecule has 0 aliphatic heterocycles. The molecule has 1 atom stereocenters. The Bertz CT molecular complexity index is 1080. The van der Waals surface area contributed by atoms with Gasteiger partial charge in [0.2, 0.25) is 0 Å². The molecule has 1 aromatic heterocycles. The summed E-state index contributed by atoms with van der Waals surface area (Å²) in [7, 11) is 0. The summed E-state index contributed by atoms with van der Waals surface area (Å²) in [4.78, 5) is 15.5. The standard InChI is InChI=1S/C21H17F3N2O3/c1-3-29-19(27)20(28,21(22,23)24)17-13-26(12-14-7-5-4-6-8-14)18-11-15(25-2)9-10-16(17)18/h4-11,13,28H,3,12H2,1H3. The Labute approximate surface area is 164 Å². The summed E-state index contributed by atoms with van der Waals surface area (Å²) in [5.41, 5.74) is -3.14. The minimum atomic E-state index is -5.30. The van der Waals surface area contributed by atoms with Gasteiger partial charge in [-0.05, 0) is 18.6 Å². The normalized spacial score (nSPS) is 13.7. The number of carbonyl (C=O) groups is 1. The predicted molar refractivity (Wildman–Crippen MR) is 100 cm³/mol. The molecule has 0 amide bonds. The first-order chi connectivity index (χ1) is 13.7. The van der Waals surface area contributed by atoms with Gasteiger partial charge in [0.25, 0.3) is 5.60 Å². The average molecular weight is 402 g/mol. The number of benzene rings is 2. The number of hydrogen-bond donors (Lipinski definition) is 1. The van der Waals surface area contributed by atoms with Crippen LogP contribution in [0.1, 0.15) is 18.1 Å². The summed E-state index contributed by atoms with van der Waals surface area (Å²) >= 11 is 0. The molecule has 0 saturated carbocycles. The first-order valence-electron chi connectivity index (χ1n) is 8.73. The second kappa shape index (κ2) is 7.60. The molecule has 2 aromatic carbocycles. The molecule has 0 aliphatic rings. The molecule has 0 saturated heterocycles. The molecule has 150 valence electrons. The monoisotopic (exact) mass is 402 g/mol. The lowest BCUT2D eigenvalue weighted by atomic mass is 9.92. The number of aliphatic hydroxyl groups is 1. The van der Waals surface area contributed by atoms with E-state index < -0.39 is 23.3 Å². The van der Waals surface area contributed by atoms with Gasteiger partial charge in [0.1, 0.15) is 0 Å². The van der Waals surface area contributed by atoms with Crippen LogP contribution in [0.15, 0.2) is 54.7 Å². The Hall–Kier alpha value is -3.31. The highest BCUT2D eigenvalue weighted by molar-refractivity contribution is 5.94. The molecule has 0 aliphatic carbocycles. The van der Waals surface area contributed by atoms with Crippen molar-refractivity contribution in [3.63, 3.8) is 0 Å². The Morgan fingerprint density at radius 1 is 1.21 bits per heavy atom. The maximum Gasteiger partial charge on any atom is 0.432 e. The molecular formula is C21H17F3N2O3. The van der Waals surface area contributed by atoms with E-state index in [9.17, 15) is 23.1 Å². The zero-order chi connectivity index (χ0) is 21.2. The van der Waals surface area contributed by atoms with Crippen LogP contribution in [0.2, 0.25) is 0 Å². The summed E-state index contributed by atoms with van der Waals surface area (Å²) in [6, 6.07) is 13.0. The van der Waals surface area contributed by atoms with E-state index in [1.165, 1.54) is 29.7 Å². The number of aromatic nitrogens is 1. The number of alkyl halides is 3. The first kappa shape index (κ1) is 20.4. The highest BCUT2D eigenvalue weighted by Crippen LogP contribution is 2.44. The zero-order valence-electron chi connectivity index (χ0n) is 15.4. The van der Waals surface area contributed by atoms with Gasteiger partial charge in [0.05, 0.1) is 13.2 Å². The lowest BCUT2D eigenvalue weighted by Gasteiger charge is -2.27. The molecule has 0 radical (unpaired) electrons. The van der Waals surface area contributed by atoms with Gasteiger partial charge in [-0.25, -0.2) is 9.64 Å². The molecule has 29 heavy (non-hydrogen) atoms. The van der Waals surface area contributed by atoms with Crippen molar-refractivity contribution >= 4 is 22.6 Å². The molecule has 0 bridgehead atoms. The van der Waals surface area contributed by atoms with Crippen LogP contribution in [0.3, 0.4) is 0 Å². The van der Waals surface area contributed by atoms with Crippen LogP contribution in [0.5, 0.6) is 0 Å². The van der Waals surface area contributed by atoms with Gasteiger partial charge in [-0.2, -0.15) is 13.2 Å². The molecule has 5 nitrogen and oxygen atoms in total. The third-order valence-corrected chi connectivity index (χ3v) is 4.56. The smallest absolute Gasteiger partial charge is 0.432 e. The second-order valence-electron chi connectivity index (χ2n) is 6.40. The van der Waals surface area contributed by atoms with Crippen molar-refractivity contribution in [2.24, 2.45) is 0 Å². The van der Waals surface area contributed by atoms with Crippen molar-refractivity contribution in [2.45, 2.75) is 25.2 Å². The van der Waals surface area contributed by atoms with E-state index in [0.717, 1.165) is 11.8 Å². The first-order valence-corrected chi connectivity index (χ1v) is 8.73. The number of nitrogens with zero attached hydrogens (tertiary/aromatic N) is 2. The van der Waals surface area contributed by atoms with Crippen LogP contribution in [-0.2, 0) is 21.7 Å². The van der Waals surface area contributed by atoms with E-state index in [1.807, 2.05) is 6.07 Å². The van der Waals surface area contributed by atoms with Crippen LogP contribution < -0.4 is 0 Å². The van der Waals surface area contributed by atoms with Crippen molar-refractivity contribution in [2.75, 3.05) is 6.61 Å². The zero-order valence-corrected chi connectivity index (χ0v) is 15.4. The minimum absolute atomic E-state index is 0.0150. The second-order valence-corrected chi connectivity index (χ2v) is 6.40. The number of halogens is 3. The molecule has 1 heterocycles. The maximum atomic E-state index is 13.9. The largest absolute Gasteiger partial charge is 0.463 e. The number of carbonyl (C=O) groups excluding carboxylic acids is 1. The summed E-state index contributed by atoms with van der Waals surface area (Å²) < 4.78 is 47.6. The highest BCUT2D eigenvalue weighted by atomic mass is 19.4. The van der Waals surface area contributed by atoms with E-state index in [0.29, 0.717) is 5.52 Å².